The molecule has 2 atom stereocenters. The monoisotopic (exact) mass is 303 g/mol. The maximum Gasteiger partial charge on any atom is 0.224 e. The van der Waals surface area contributed by atoms with E-state index in [4.69, 9.17) is 11.5 Å². The number of piperidine rings is 1. The number of hydrogen-bond donors (Lipinski definition) is 2. The lowest BCUT2D eigenvalue weighted by molar-refractivity contribution is -0.133. The molecule has 0 saturated carbocycles. The highest BCUT2D eigenvalue weighted by molar-refractivity contribution is 5.77. The maximum atomic E-state index is 12.4. The molecule has 0 aromatic heterocycles. The van der Waals surface area contributed by atoms with Gasteiger partial charge in [-0.3, -0.25) is 9.59 Å². The summed E-state index contributed by atoms with van der Waals surface area (Å²) in [4.78, 5) is 25.2. The minimum Gasteiger partial charge on any atom is -0.370 e. The van der Waals surface area contributed by atoms with Gasteiger partial charge in [0.15, 0.2) is 0 Å². The highest BCUT2D eigenvalue weighted by Crippen LogP contribution is 2.23. The Hall–Kier alpha value is -1.88. The third kappa shape index (κ3) is 4.84. The number of carbonyl (C=O) groups excluding carboxylic acids is 2. The molecule has 1 aliphatic rings. The molecule has 1 aromatic carbocycles. The molecule has 1 aromatic rings. The summed E-state index contributed by atoms with van der Waals surface area (Å²) >= 11 is 0. The van der Waals surface area contributed by atoms with Crippen molar-refractivity contribution in [2.75, 3.05) is 13.1 Å². The number of nitrogens with two attached hydrogens (primary N) is 2. The molecule has 2 unspecified atom stereocenters. The van der Waals surface area contributed by atoms with Crippen LogP contribution in [0.25, 0.3) is 0 Å². The van der Waals surface area contributed by atoms with Crippen LogP contribution in [0.1, 0.15) is 43.7 Å². The fraction of sp³-hybridized carbons (Fsp3) is 0.529. The summed E-state index contributed by atoms with van der Waals surface area (Å²) < 4.78 is 0. The number of carbonyl (C=O) groups is 2. The topological polar surface area (TPSA) is 89.4 Å². The second-order valence-electron chi connectivity index (χ2n) is 6.07. The third-order valence-corrected chi connectivity index (χ3v) is 4.29. The number of benzene rings is 1. The number of likely N-dealkylation sites (tertiary alicyclic amines) is 1. The number of nitrogens with zero attached hydrogens (tertiary/aromatic N) is 1. The van der Waals surface area contributed by atoms with Crippen molar-refractivity contribution >= 4 is 11.8 Å². The molecule has 0 radical (unpaired) electrons. The van der Waals surface area contributed by atoms with E-state index in [0.29, 0.717) is 25.3 Å². The summed E-state index contributed by atoms with van der Waals surface area (Å²) in [6.45, 7) is 1.50. The molecule has 1 heterocycles. The Morgan fingerprint density at radius 1 is 1.27 bits per heavy atom. The normalized spacial score (nSPS) is 19.7. The van der Waals surface area contributed by atoms with E-state index >= 15 is 0 Å². The lowest BCUT2D eigenvalue weighted by Crippen LogP contribution is -2.41. The van der Waals surface area contributed by atoms with Crippen molar-refractivity contribution in [3.8, 4) is 0 Å². The van der Waals surface area contributed by atoms with Crippen LogP contribution >= 0.6 is 0 Å². The third-order valence-electron chi connectivity index (χ3n) is 4.29. The van der Waals surface area contributed by atoms with Crippen molar-refractivity contribution in [3.63, 3.8) is 0 Å². The molecule has 0 aliphatic carbocycles. The summed E-state index contributed by atoms with van der Waals surface area (Å²) in [5, 5.41) is 0. The van der Waals surface area contributed by atoms with Crippen molar-refractivity contribution in [2.45, 2.75) is 38.1 Å². The average Bonchev–Trinajstić information content (AvgIpc) is 2.54. The van der Waals surface area contributed by atoms with E-state index in [1.54, 1.807) is 0 Å². The van der Waals surface area contributed by atoms with Gasteiger partial charge in [0.1, 0.15) is 0 Å². The second kappa shape index (κ2) is 7.94. The SMILES string of the molecule is NC(=O)CCC1CCCN(C(=O)CC(N)c2ccccc2)C1. The van der Waals surface area contributed by atoms with Gasteiger partial charge in [0, 0.05) is 32.0 Å². The summed E-state index contributed by atoms with van der Waals surface area (Å²) in [7, 11) is 0. The maximum absolute atomic E-state index is 12.4. The number of hydrogen-bond acceptors (Lipinski definition) is 3. The first-order valence-electron chi connectivity index (χ1n) is 7.93. The summed E-state index contributed by atoms with van der Waals surface area (Å²) in [5.74, 6) is 0.202. The van der Waals surface area contributed by atoms with Crippen LogP contribution in [-0.4, -0.2) is 29.8 Å². The molecule has 2 rings (SSSR count). The molecule has 120 valence electrons. The molecule has 22 heavy (non-hydrogen) atoms. The smallest absolute Gasteiger partial charge is 0.224 e. The largest absolute Gasteiger partial charge is 0.370 e. The van der Waals surface area contributed by atoms with Gasteiger partial charge in [-0.25, -0.2) is 0 Å². The zero-order valence-electron chi connectivity index (χ0n) is 12.9. The highest BCUT2D eigenvalue weighted by atomic mass is 16.2. The Bertz CT molecular complexity index is 504. The quantitative estimate of drug-likeness (QED) is 0.836. The molecular weight excluding hydrogens is 278 g/mol. The van der Waals surface area contributed by atoms with Crippen LogP contribution in [-0.2, 0) is 9.59 Å². The van der Waals surface area contributed by atoms with Crippen molar-refractivity contribution in [2.24, 2.45) is 17.4 Å². The van der Waals surface area contributed by atoms with Gasteiger partial charge in [-0.05, 0) is 30.7 Å². The summed E-state index contributed by atoms with van der Waals surface area (Å²) in [5.41, 5.74) is 12.3. The van der Waals surface area contributed by atoms with Gasteiger partial charge >= 0.3 is 0 Å². The lowest BCUT2D eigenvalue weighted by Gasteiger charge is -2.33. The van der Waals surface area contributed by atoms with Crippen LogP contribution in [0.5, 0.6) is 0 Å². The molecule has 1 saturated heterocycles. The molecule has 2 amide bonds. The molecule has 0 bridgehead atoms. The molecule has 4 N–H and O–H groups in total. The average molecular weight is 303 g/mol. The molecule has 1 aliphatic heterocycles. The van der Waals surface area contributed by atoms with Gasteiger partial charge in [0.05, 0.1) is 0 Å². The standard InChI is InChI=1S/C17H25N3O2/c18-15(14-6-2-1-3-7-14)11-17(22)20-10-4-5-13(12-20)8-9-16(19)21/h1-3,6-7,13,15H,4-5,8-12,18H2,(H2,19,21). The van der Waals surface area contributed by atoms with Gasteiger partial charge in [0.2, 0.25) is 11.8 Å². The Balaban J connectivity index is 1.85. The lowest BCUT2D eigenvalue weighted by atomic mass is 9.92. The number of amides is 2. The van der Waals surface area contributed by atoms with Crippen LogP contribution in [0.2, 0.25) is 0 Å². The van der Waals surface area contributed by atoms with E-state index in [1.165, 1.54) is 0 Å². The summed E-state index contributed by atoms with van der Waals surface area (Å²) in [6, 6.07) is 9.43. The van der Waals surface area contributed by atoms with Crippen LogP contribution in [0, 0.1) is 5.92 Å². The predicted molar refractivity (Wildman–Crippen MR) is 85.7 cm³/mol. The van der Waals surface area contributed by atoms with Gasteiger partial charge in [-0.2, -0.15) is 0 Å². The first-order valence-corrected chi connectivity index (χ1v) is 7.93. The van der Waals surface area contributed by atoms with Crippen LogP contribution in [0.3, 0.4) is 0 Å². The second-order valence-corrected chi connectivity index (χ2v) is 6.07. The van der Waals surface area contributed by atoms with Crippen molar-refractivity contribution in [1.82, 2.24) is 4.90 Å². The van der Waals surface area contributed by atoms with Crippen molar-refractivity contribution < 1.29 is 9.59 Å². The Morgan fingerprint density at radius 3 is 2.68 bits per heavy atom. The van der Waals surface area contributed by atoms with Gasteiger partial charge in [-0.1, -0.05) is 30.3 Å². The first kappa shape index (κ1) is 16.5. The molecular formula is C17H25N3O2. The van der Waals surface area contributed by atoms with E-state index in [0.717, 1.165) is 31.4 Å². The molecule has 5 nitrogen and oxygen atoms in total. The van der Waals surface area contributed by atoms with E-state index in [2.05, 4.69) is 0 Å². The van der Waals surface area contributed by atoms with E-state index < -0.39 is 0 Å². The van der Waals surface area contributed by atoms with Crippen molar-refractivity contribution in [3.05, 3.63) is 35.9 Å². The minimum atomic E-state index is -0.269. The zero-order chi connectivity index (χ0) is 15.9. The number of rotatable bonds is 6. The molecule has 5 heteroatoms. The zero-order valence-corrected chi connectivity index (χ0v) is 12.9. The van der Waals surface area contributed by atoms with E-state index in [1.807, 2.05) is 35.2 Å². The van der Waals surface area contributed by atoms with Crippen LogP contribution < -0.4 is 11.5 Å². The highest BCUT2D eigenvalue weighted by Gasteiger charge is 2.25. The van der Waals surface area contributed by atoms with Crippen molar-refractivity contribution in [1.29, 1.82) is 0 Å². The fourth-order valence-electron chi connectivity index (χ4n) is 3.01. The van der Waals surface area contributed by atoms with Gasteiger partial charge < -0.3 is 16.4 Å². The van der Waals surface area contributed by atoms with Gasteiger partial charge in [-0.15, -0.1) is 0 Å². The Labute approximate surface area is 131 Å². The van der Waals surface area contributed by atoms with Crippen LogP contribution in [0.15, 0.2) is 30.3 Å². The van der Waals surface area contributed by atoms with E-state index in [-0.39, 0.29) is 17.9 Å². The molecule has 0 spiro atoms. The fourth-order valence-corrected chi connectivity index (χ4v) is 3.01. The summed E-state index contributed by atoms with van der Waals surface area (Å²) in [6.07, 6.45) is 3.53. The van der Waals surface area contributed by atoms with E-state index in [9.17, 15) is 9.59 Å². The Morgan fingerprint density at radius 2 is 2.00 bits per heavy atom. The Kier molecular flexibility index (Phi) is 5.95. The molecule has 1 fully saturated rings. The van der Waals surface area contributed by atoms with Crippen LogP contribution in [0.4, 0.5) is 0 Å². The number of primary amides is 1. The predicted octanol–water partition coefficient (Wildman–Crippen LogP) is 1.58. The minimum absolute atomic E-state index is 0.0973. The first-order chi connectivity index (χ1) is 10.6. The van der Waals surface area contributed by atoms with Gasteiger partial charge in [0.25, 0.3) is 0 Å².